The summed E-state index contributed by atoms with van der Waals surface area (Å²) < 4.78 is 261. The fraction of sp³-hybridized carbons (Fsp3) is 1.00. The molecule has 0 aliphatic heterocycles. The molecule has 0 bridgehead atoms. The molecular weight excluding hydrogens is 500 g/mol. The van der Waals surface area contributed by atoms with Gasteiger partial charge in [0, 0.05) is 0 Å². The van der Waals surface area contributed by atoms with Gasteiger partial charge in [-0.2, -0.15) is 74.6 Å². The predicted octanol–water partition coefficient (Wildman–Crippen LogP) is 6.35. The Balaban J connectivity index is 4.39. The maximum absolute atomic E-state index is 14.1. The van der Waals surface area contributed by atoms with Crippen LogP contribution in [-0.2, 0) is 0 Å². The third kappa shape index (κ3) is 2.22. The molecule has 20 heteroatoms. The van der Waals surface area contributed by atoms with E-state index in [-0.39, 0.29) is 0 Å². The number of hydrogen-bond acceptors (Lipinski definition) is 0. The Morgan fingerprint density at radius 3 is 0.700 bits per heavy atom. The minimum Gasteiger partial charge on any atom is -0.225 e. The Morgan fingerprint density at radius 1 is 0.333 bits per heavy atom. The third-order valence-electron chi connectivity index (χ3n) is 4.17. The van der Waals surface area contributed by atoms with Crippen LogP contribution in [0.15, 0.2) is 0 Å². The Morgan fingerprint density at radius 2 is 0.533 bits per heavy atom. The molecule has 0 atom stereocenters. The average Bonchev–Trinajstić information content (AvgIpc) is 2.46. The van der Waals surface area contributed by atoms with Gasteiger partial charge in [0.1, 0.15) is 0 Å². The summed E-state index contributed by atoms with van der Waals surface area (Å²) in [6.07, 6.45) is -25.4. The first-order valence-corrected chi connectivity index (χ1v) is 6.28. The van der Waals surface area contributed by atoms with Crippen LogP contribution in [0.25, 0.3) is 0 Å². The number of rotatable bonds is 1. The third-order valence-corrected chi connectivity index (χ3v) is 4.17. The quantitative estimate of drug-likeness (QED) is 0.369. The summed E-state index contributed by atoms with van der Waals surface area (Å²) in [7, 11) is 0. The van der Waals surface area contributed by atoms with Gasteiger partial charge in [-0.25, -0.2) is 13.2 Å². The van der Waals surface area contributed by atoms with Crippen LogP contribution in [0.3, 0.4) is 0 Å². The standard InChI is InChI=1S/C10F20/c11-1(2(12,8(22,23)24)9(25,26)27)4(14,15)6(18,19)3(13,10(28,29)30)7(20,21)5(1,16)17. The first kappa shape index (κ1) is 26.6. The van der Waals surface area contributed by atoms with Crippen LogP contribution in [0.2, 0.25) is 0 Å². The molecule has 0 spiro atoms. The van der Waals surface area contributed by atoms with Crippen LogP contribution in [0.4, 0.5) is 87.8 Å². The van der Waals surface area contributed by atoms with Gasteiger partial charge in [0.15, 0.2) is 0 Å². The van der Waals surface area contributed by atoms with Crippen LogP contribution in [0.5, 0.6) is 0 Å². The van der Waals surface area contributed by atoms with Crippen molar-refractivity contribution in [2.45, 2.75) is 59.2 Å². The second-order valence-corrected chi connectivity index (χ2v) is 5.77. The molecule has 1 fully saturated rings. The van der Waals surface area contributed by atoms with Gasteiger partial charge in [-0.15, -0.1) is 0 Å². The second-order valence-electron chi connectivity index (χ2n) is 5.77. The molecule has 0 heterocycles. The molecule has 0 aromatic carbocycles. The smallest absolute Gasteiger partial charge is 0.225 e. The SMILES string of the molecule is FC(F)(F)C1(F)C(F)(F)C(F)(F)C(F)(C(F)(C(F)(F)F)C(F)(F)F)C(F)(F)C1(F)F. The van der Waals surface area contributed by atoms with Gasteiger partial charge in [-0.3, -0.25) is 0 Å². The zero-order valence-electron chi connectivity index (χ0n) is 12.6. The maximum atomic E-state index is 14.1. The summed E-state index contributed by atoms with van der Waals surface area (Å²) in [6.45, 7) is 0. The van der Waals surface area contributed by atoms with Crippen molar-refractivity contribution in [2.24, 2.45) is 0 Å². The molecule has 1 aliphatic rings. The first-order valence-electron chi connectivity index (χ1n) is 6.28. The monoisotopic (exact) mass is 500 g/mol. The minimum atomic E-state index is -9.24. The Kier molecular flexibility index (Phi) is 5.05. The Bertz CT molecular complexity index is 644. The van der Waals surface area contributed by atoms with E-state index in [1.807, 2.05) is 0 Å². The average molecular weight is 500 g/mol. The van der Waals surface area contributed by atoms with Gasteiger partial charge in [-0.05, 0) is 0 Å². The zero-order chi connectivity index (χ0) is 25.0. The lowest BCUT2D eigenvalue weighted by molar-refractivity contribution is -0.532. The normalized spacial score (nSPS) is 34.0. The minimum absolute atomic E-state index is 8.29. The molecular formula is C10F20. The van der Waals surface area contributed by atoms with Crippen molar-refractivity contribution in [1.29, 1.82) is 0 Å². The van der Waals surface area contributed by atoms with Gasteiger partial charge >= 0.3 is 59.2 Å². The molecule has 30 heavy (non-hydrogen) atoms. The summed E-state index contributed by atoms with van der Waals surface area (Å²) in [5.41, 5.74) is -27.0. The molecule has 0 saturated heterocycles. The van der Waals surface area contributed by atoms with Crippen molar-refractivity contribution in [1.82, 2.24) is 0 Å². The van der Waals surface area contributed by atoms with Crippen LogP contribution in [0, 0.1) is 0 Å². The topological polar surface area (TPSA) is 0 Å². The van der Waals surface area contributed by atoms with Crippen LogP contribution >= 0.6 is 0 Å². The van der Waals surface area contributed by atoms with Gasteiger partial charge < -0.3 is 0 Å². The van der Waals surface area contributed by atoms with Crippen molar-refractivity contribution in [3.63, 3.8) is 0 Å². The first-order chi connectivity index (χ1) is 12.5. The van der Waals surface area contributed by atoms with E-state index in [4.69, 9.17) is 0 Å². The van der Waals surface area contributed by atoms with E-state index in [0.717, 1.165) is 0 Å². The fourth-order valence-corrected chi connectivity index (χ4v) is 2.60. The number of halogens is 20. The zero-order valence-corrected chi connectivity index (χ0v) is 12.6. The van der Waals surface area contributed by atoms with E-state index in [2.05, 4.69) is 0 Å². The second kappa shape index (κ2) is 5.69. The number of alkyl halides is 20. The lowest BCUT2D eigenvalue weighted by Crippen LogP contribution is -2.93. The molecule has 1 saturated carbocycles. The van der Waals surface area contributed by atoms with E-state index in [9.17, 15) is 87.8 Å². The summed E-state index contributed by atoms with van der Waals surface area (Å²) in [5, 5.41) is 0. The molecule has 0 N–H and O–H groups in total. The highest BCUT2D eigenvalue weighted by Gasteiger charge is 3.11. The fourth-order valence-electron chi connectivity index (χ4n) is 2.60. The molecule has 1 rings (SSSR count). The highest BCUT2D eigenvalue weighted by atomic mass is 19.4. The predicted molar refractivity (Wildman–Crippen MR) is 49.5 cm³/mol. The summed E-state index contributed by atoms with van der Waals surface area (Å²) in [5.74, 6) is -35.7. The van der Waals surface area contributed by atoms with Crippen molar-refractivity contribution in [2.75, 3.05) is 0 Å². The maximum Gasteiger partial charge on any atom is 0.435 e. The van der Waals surface area contributed by atoms with E-state index < -0.39 is 59.2 Å². The highest BCUT2D eigenvalue weighted by molar-refractivity contribution is 5.37. The molecule has 1 aliphatic carbocycles. The Labute approximate surface area is 148 Å². The molecule has 0 aromatic rings. The van der Waals surface area contributed by atoms with Crippen molar-refractivity contribution in [3.8, 4) is 0 Å². The van der Waals surface area contributed by atoms with Crippen molar-refractivity contribution < 1.29 is 87.8 Å². The van der Waals surface area contributed by atoms with Gasteiger partial charge in [0.25, 0.3) is 0 Å². The van der Waals surface area contributed by atoms with Gasteiger partial charge in [-0.1, -0.05) is 0 Å². The van der Waals surface area contributed by atoms with E-state index in [1.165, 1.54) is 0 Å². The molecule has 0 nitrogen and oxygen atoms in total. The lowest BCUT2D eigenvalue weighted by atomic mass is 9.60. The molecule has 0 aromatic heterocycles. The van der Waals surface area contributed by atoms with Crippen LogP contribution < -0.4 is 0 Å². The number of hydrogen-bond donors (Lipinski definition) is 0. The summed E-state index contributed by atoms with van der Waals surface area (Å²) >= 11 is 0. The summed E-state index contributed by atoms with van der Waals surface area (Å²) in [6, 6.07) is 0. The Hall–Kier alpha value is -1.40. The molecule has 0 amide bonds. The highest BCUT2D eigenvalue weighted by Crippen LogP contribution is 2.76. The van der Waals surface area contributed by atoms with E-state index >= 15 is 0 Å². The molecule has 0 radical (unpaired) electrons. The molecule has 0 unspecified atom stereocenters. The van der Waals surface area contributed by atoms with E-state index in [0.29, 0.717) is 0 Å². The van der Waals surface area contributed by atoms with Crippen LogP contribution in [0.1, 0.15) is 0 Å². The van der Waals surface area contributed by atoms with E-state index in [1.54, 1.807) is 0 Å². The van der Waals surface area contributed by atoms with Crippen molar-refractivity contribution >= 4 is 0 Å². The van der Waals surface area contributed by atoms with Gasteiger partial charge in [0.2, 0.25) is 0 Å². The molecule has 180 valence electrons. The van der Waals surface area contributed by atoms with Crippen LogP contribution in [-0.4, -0.2) is 59.2 Å². The largest absolute Gasteiger partial charge is 0.435 e. The summed E-state index contributed by atoms with van der Waals surface area (Å²) in [4.78, 5) is 0. The van der Waals surface area contributed by atoms with Crippen molar-refractivity contribution in [3.05, 3.63) is 0 Å². The lowest BCUT2D eigenvalue weighted by Gasteiger charge is -2.58. The van der Waals surface area contributed by atoms with Gasteiger partial charge in [0.05, 0.1) is 0 Å².